The molecule has 2 aliphatic rings. The van der Waals surface area contributed by atoms with E-state index >= 15 is 0 Å². The van der Waals surface area contributed by atoms with Gasteiger partial charge in [0.2, 0.25) is 10.1 Å². The van der Waals surface area contributed by atoms with Gasteiger partial charge >= 0.3 is 12.3 Å². The van der Waals surface area contributed by atoms with Gasteiger partial charge < -0.3 is 15.0 Å². The highest BCUT2D eigenvalue weighted by Gasteiger charge is 2.50. The number of rotatable bonds is 2. The summed E-state index contributed by atoms with van der Waals surface area (Å²) < 4.78 is 43.2. The van der Waals surface area contributed by atoms with Gasteiger partial charge in [-0.25, -0.2) is 4.79 Å². The molecule has 0 aromatic carbocycles. The standard InChI is InChI=1S/C14H19F3N4O2S/c1-13(2,3)23-12(22)21-7-4-5-9(21)8(6-7)18-11-20-19-10(24-11)14(15,16)17/h7-9H,4-6H2,1-3H3,(H,18,20). The van der Waals surface area contributed by atoms with Crippen LogP contribution in [0.5, 0.6) is 0 Å². The molecule has 0 saturated carbocycles. The highest BCUT2D eigenvalue weighted by molar-refractivity contribution is 7.15. The zero-order valence-electron chi connectivity index (χ0n) is 13.6. The number of carbonyl (C=O) groups is 1. The van der Waals surface area contributed by atoms with Crippen molar-refractivity contribution >= 4 is 22.6 Å². The van der Waals surface area contributed by atoms with Gasteiger partial charge in [0.1, 0.15) is 5.60 Å². The Balaban J connectivity index is 1.67. The van der Waals surface area contributed by atoms with Gasteiger partial charge in [0, 0.05) is 6.04 Å². The van der Waals surface area contributed by atoms with E-state index in [1.807, 2.05) is 0 Å². The quantitative estimate of drug-likeness (QED) is 0.870. The lowest BCUT2D eigenvalue weighted by molar-refractivity contribution is -0.138. The normalized spacial score (nSPS) is 26.8. The molecule has 2 fully saturated rings. The van der Waals surface area contributed by atoms with Gasteiger partial charge in [-0.05, 0) is 40.0 Å². The van der Waals surface area contributed by atoms with Crippen molar-refractivity contribution in [1.82, 2.24) is 15.1 Å². The Morgan fingerprint density at radius 3 is 2.58 bits per heavy atom. The predicted octanol–water partition coefficient (Wildman–Crippen LogP) is 3.51. The van der Waals surface area contributed by atoms with Crippen molar-refractivity contribution in [3.63, 3.8) is 0 Å². The van der Waals surface area contributed by atoms with Crippen molar-refractivity contribution in [2.24, 2.45) is 0 Å². The first-order valence-electron chi connectivity index (χ1n) is 7.73. The van der Waals surface area contributed by atoms with Crippen LogP contribution in [0, 0.1) is 0 Å². The first-order valence-corrected chi connectivity index (χ1v) is 8.55. The van der Waals surface area contributed by atoms with Crippen LogP contribution in [0.1, 0.15) is 45.0 Å². The molecule has 1 aromatic rings. The fraction of sp³-hybridized carbons (Fsp3) is 0.786. The lowest BCUT2D eigenvalue weighted by Crippen LogP contribution is -2.42. The van der Waals surface area contributed by atoms with Gasteiger partial charge in [0.25, 0.3) is 0 Å². The summed E-state index contributed by atoms with van der Waals surface area (Å²) in [5.74, 6) is 0. The molecule has 6 nitrogen and oxygen atoms in total. The highest BCUT2D eigenvalue weighted by atomic mass is 32.1. The maximum atomic E-state index is 12.6. The SMILES string of the molecule is CC(C)(C)OC(=O)N1C2CCC1C(Nc1nnc(C(F)(F)F)s1)C2. The number of fused-ring (bicyclic) bond motifs is 2. The monoisotopic (exact) mass is 364 g/mol. The number of nitrogens with one attached hydrogen (secondary N) is 1. The summed E-state index contributed by atoms with van der Waals surface area (Å²) in [6.45, 7) is 5.41. The molecule has 10 heteroatoms. The Kier molecular flexibility index (Phi) is 4.13. The molecule has 24 heavy (non-hydrogen) atoms. The second-order valence-corrected chi connectivity index (χ2v) is 8.06. The van der Waals surface area contributed by atoms with Crippen LogP contribution in [0.25, 0.3) is 0 Å². The van der Waals surface area contributed by atoms with E-state index in [0.717, 1.165) is 12.8 Å². The van der Waals surface area contributed by atoms with E-state index < -0.39 is 16.8 Å². The van der Waals surface area contributed by atoms with Crippen LogP contribution in [0.3, 0.4) is 0 Å². The second kappa shape index (κ2) is 5.75. The Morgan fingerprint density at radius 1 is 1.29 bits per heavy atom. The molecule has 1 N–H and O–H groups in total. The summed E-state index contributed by atoms with van der Waals surface area (Å²) in [4.78, 5) is 14.1. The number of ether oxygens (including phenoxy) is 1. The van der Waals surface area contributed by atoms with Crippen molar-refractivity contribution in [3.8, 4) is 0 Å². The average molecular weight is 364 g/mol. The van der Waals surface area contributed by atoms with Crippen LogP contribution < -0.4 is 5.32 Å². The van der Waals surface area contributed by atoms with Gasteiger partial charge in [-0.1, -0.05) is 11.3 Å². The lowest BCUT2D eigenvalue weighted by atomic mass is 9.96. The average Bonchev–Trinajstić information content (AvgIpc) is 3.08. The topological polar surface area (TPSA) is 67.3 Å². The van der Waals surface area contributed by atoms with Crippen molar-refractivity contribution < 1.29 is 22.7 Å². The van der Waals surface area contributed by atoms with E-state index in [-0.39, 0.29) is 29.4 Å². The van der Waals surface area contributed by atoms with Gasteiger partial charge in [-0.3, -0.25) is 0 Å². The highest BCUT2D eigenvalue weighted by Crippen LogP contribution is 2.41. The second-order valence-electron chi connectivity index (χ2n) is 7.08. The summed E-state index contributed by atoms with van der Waals surface area (Å²) in [5.41, 5.74) is -0.580. The van der Waals surface area contributed by atoms with E-state index in [4.69, 9.17) is 4.74 Å². The number of aromatic nitrogens is 2. The molecule has 0 aliphatic carbocycles. The molecule has 0 radical (unpaired) electrons. The molecule has 1 amide bonds. The summed E-state index contributed by atoms with van der Waals surface area (Å²) in [5, 5.41) is 8.89. The van der Waals surface area contributed by atoms with Gasteiger partial charge in [-0.15, -0.1) is 10.2 Å². The lowest BCUT2D eigenvalue weighted by Gasteiger charge is -2.28. The fourth-order valence-electron chi connectivity index (χ4n) is 3.30. The van der Waals surface area contributed by atoms with Gasteiger partial charge in [-0.2, -0.15) is 13.2 Å². The number of amides is 1. The van der Waals surface area contributed by atoms with Crippen molar-refractivity contribution in [2.75, 3.05) is 5.32 Å². The summed E-state index contributed by atoms with van der Waals surface area (Å²) in [6.07, 6.45) is -2.51. The zero-order valence-corrected chi connectivity index (χ0v) is 14.4. The predicted molar refractivity (Wildman–Crippen MR) is 81.8 cm³/mol. The molecule has 2 aliphatic heterocycles. The zero-order chi connectivity index (χ0) is 17.7. The number of hydrogen-bond acceptors (Lipinski definition) is 6. The fourth-order valence-corrected chi connectivity index (χ4v) is 3.97. The number of carbonyl (C=O) groups excluding carboxylic acids is 1. The van der Waals surface area contributed by atoms with Crippen molar-refractivity contribution in [1.29, 1.82) is 0 Å². The van der Waals surface area contributed by atoms with E-state index in [0.29, 0.717) is 17.8 Å². The first kappa shape index (κ1) is 17.2. The number of hydrogen-bond donors (Lipinski definition) is 1. The Morgan fingerprint density at radius 2 is 2.00 bits per heavy atom. The largest absolute Gasteiger partial charge is 0.445 e. The minimum absolute atomic E-state index is 0.0531. The maximum Gasteiger partial charge on any atom is 0.445 e. The molecule has 3 atom stereocenters. The Hall–Kier alpha value is -1.58. The first-order chi connectivity index (χ1) is 11.0. The van der Waals surface area contributed by atoms with Crippen LogP contribution in [-0.2, 0) is 10.9 Å². The Bertz CT molecular complexity index is 628. The van der Waals surface area contributed by atoms with Crippen molar-refractivity contribution in [2.45, 2.75) is 69.9 Å². The summed E-state index contributed by atoms with van der Waals surface area (Å²) in [7, 11) is 0. The van der Waals surface area contributed by atoms with E-state index in [2.05, 4.69) is 15.5 Å². The van der Waals surface area contributed by atoms with E-state index in [1.54, 1.807) is 25.7 Å². The molecule has 1 aromatic heterocycles. The Labute approximate surface area is 141 Å². The van der Waals surface area contributed by atoms with Crippen LogP contribution >= 0.6 is 11.3 Å². The minimum atomic E-state index is -4.49. The molecule has 0 spiro atoms. The molecule has 2 saturated heterocycles. The molecule has 134 valence electrons. The number of alkyl halides is 3. The third-order valence-electron chi connectivity index (χ3n) is 4.12. The molecule has 2 bridgehead atoms. The van der Waals surface area contributed by atoms with Gasteiger partial charge in [0.05, 0.1) is 12.1 Å². The molecule has 3 unspecified atom stereocenters. The number of nitrogens with zero attached hydrogens (tertiary/aromatic N) is 3. The number of anilines is 1. The molecular weight excluding hydrogens is 345 g/mol. The van der Waals surface area contributed by atoms with Crippen LogP contribution in [0.4, 0.5) is 23.1 Å². The minimum Gasteiger partial charge on any atom is -0.444 e. The third-order valence-corrected chi connectivity index (χ3v) is 5.02. The van der Waals surface area contributed by atoms with Gasteiger partial charge in [0.15, 0.2) is 0 Å². The molecule has 3 rings (SSSR count). The van der Waals surface area contributed by atoms with E-state index in [9.17, 15) is 18.0 Å². The third kappa shape index (κ3) is 3.42. The van der Waals surface area contributed by atoms with Crippen LogP contribution in [0.2, 0.25) is 0 Å². The summed E-state index contributed by atoms with van der Waals surface area (Å²) in [6, 6.07) is -0.175. The smallest absolute Gasteiger partial charge is 0.444 e. The van der Waals surface area contributed by atoms with E-state index in [1.165, 1.54) is 0 Å². The summed E-state index contributed by atoms with van der Waals surface area (Å²) >= 11 is 0.481. The number of halogens is 3. The van der Waals surface area contributed by atoms with Crippen LogP contribution in [0.15, 0.2) is 0 Å². The van der Waals surface area contributed by atoms with Crippen molar-refractivity contribution in [3.05, 3.63) is 5.01 Å². The molecule has 3 heterocycles. The maximum absolute atomic E-state index is 12.6. The molecular formula is C14H19F3N4O2S. The van der Waals surface area contributed by atoms with Crippen LogP contribution in [-0.4, -0.2) is 44.9 Å².